The maximum absolute atomic E-state index is 6.31. The fourth-order valence-corrected chi connectivity index (χ4v) is 3.98. The van der Waals surface area contributed by atoms with Crippen molar-refractivity contribution < 1.29 is 0 Å². The third-order valence-electron chi connectivity index (χ3n) is 4.12. The number of halogens is 3. The van der Waals surface area contributed by atoms with Crippen LogP contribution < -0.4 is 5.32 Å². The van der Waals surface area contributed by atoms with Crippen LogP contribution >= 0.6 is 34.8 Å². The average Bonchev–Trinajstić information content (AvgIpc) is 2.60. The van der Waals surface area contributed by atoms with Crippen LogP contribution in [0.4, 0.5) is 0 Å². The molecular weight excluding hydrogens is 373 g/mol. The smallest absolute Gasteiger partial charge is 0.0483 e. The van der Waals surface area contributed by atoms with Gasteiger partial charge in [0.05, 0.1) is 0 Å². The highest BCUT2D eigenvalue weighted by atomic mass is 35.5. The van der Waals surface area contributed by atoms with E-state index in [0.717, 1.165) is 12.1 Å². The van der Waals surface area contributed by atoms with Crippen molar-refractivity contribution in [1.29, 1.82) is 0 Å². The molecule has 1 unspecified atom stereocenters. The first-order valence-electron chi connectivity index (χ1n) is 8.07. The van der Waals surface area contributed by atoms with Crippen molar-refractivity contribution >= 4 is 34.8 Å². The molecule has 3 aromatic rings. The molecule has 1 nitrogen and oxygen atoms in total. The molecule has 0 amide bonds. The minimum Gasteiger partial charge on any atom is -0.306 e. The molecule has 0 saturated heterocycles. The summed E-state index contributed by atoms with van der Waals surface area (Å²) in [6.07, 6.45) is 0. The van der Waals surface area contributed by atoms with Crippen LogP contribution in [0.15, 0.2) is 66.7 Å². The van der Waals surface area contributed by atoms with Crippen LogP contribution in [-0.4, -0.2) is 0 Å². The van der Waals surface area contributed by atoms with Crippen molar-refractivity contribution in [2.75, 3.05) is 0 Å². The lowest BCUT2D eigenvalue weighted by Gasteiger charge is -2.18. The Morgan fingerprint density at radius 2 is 1.44 bits per heavy atom. The zero-order valence-corrected chi connectivity index (χ0v) is 16.0. The Bertz CT molecular complexity index is 839. The van der Waals surface area contributed by atoms with Crippen molar-refractivity contribution in [2.24, 2.45) is 0 Å². The van der Waals surface area contributed by atoms with Gasteiger partial charge in [0.1, 0.15) is 0 Å². The van der Waals surface area contributed by atoms with E-state index in [1.54, 1.807) is 12.1 Å². The Hall–Kier alpha value is -1.51. The number of hydrogen-bond acceptors (Lipinski definition) is 1. The number of benzene rings is 3. The molecule has 1 atom stereocenters. The van der Waals surface area contributed by atoms with Crippen molar-refractivity contribution in [1.82, 2.24) is 5.32 Å². The van der Waals surface area contributed by atoms with Crippen molar-refractivity contribution in [3.63, 3.8) is 0 Å². The molecule has 1 N–H and O–H groups in total. The topological polar surface area (TPSA) is 12.0 Å². The molecular formula is C21H18Cl3N. The summed E-state index contributed by atoms with van der Waals surface area (Å²) in [5.74, 6) is 0. The van der Waals surface area contributed by atoms with Gasteiger partial charge in [-0.25, -0.2) is 0 Å². The summed E-state index contributed by atoms with van der Waals surface area (Å²) in [6, 6.07) is 22.3. The minimum absolute atomic E-state index is 0.0117. The van der Waals surface area contributed by atoms with Crippen molar-refractivity contribution in [2.45, 2.75) is 19.5 Å². The maximum atomic E-state index is 6.31. The van der Waals surface area contributed by atoms with Gasteiger partial charge in [-0.2, -0.15) is 0 Å². The van der Waals surface area contributed by atoms with Crippen LogP contribution in [0.25, 0.3) is 11.1 Å². The van der Waals surface area contributed by atoms with Gasteiger partial charge in [0.25, 0.3) is 0 Å². The lowest BCUT2D eigenvalue weighted by molar-refractivity contribution is 0.575. The Morgan fingerprint density at radius 3 is 2.12 bits per heavy atom. The van der Waals surface area contributed by atoms with E-state index in [2.05, 4.69) is 41.7 Å². The molecule has 0 aliphatic rings. The first-order valence-corrected chi connectivity index (χ1v) is 9.20. The van der Waals surface area contributed by atoms with E-state index in [0.29, 0.717) is 15.1 Å². The zero-order chi connectivity index (χ0) is 17.8. The van der Waals surface area contributed by atoms with Gasteiger partial charge < -0.3 is 5.32 Å². The van der Waals surface area contributed by atoms with Gasteiger partial charge in [-0.05, 0) is 41.8 Å². The van der Waals surface area contributed by atoms with E-state index in [-0.39, 0.29) is 6.04 Å². The molecule has 0 bridgehead atoms. The lowest BCUT2D eigenvalue weighted by Crippen LogP contribution is -2.18. The molecule has 0 aliphatic carbocycles. The summed E-state index contributed by atoms with van der Waals surface area (Å²) >= 11 is 18.6. The van der Waals surface area contributed by atoms with Crippen LogP contribution in [0.2, 0.25) is 15.1 Å². The quantitative estimate of drug-likeness (QED) is 0.487. The molecule has 0 radical (unpaired) electrons. The highest BCUT2D eigenvalue weighted by molar-refractivity contribution is 6.39. The van der Waals surface area contributed by atoms with Gasteiger partial charge in [0.15, 0.2) is 0 Å². The maximum Gasteiger partial charge on any atom is 0.0483 e. The summed E-state index contributed by atoms with van der Waals surface area (Å²) < 4.78 is 0. The summed E-state index contributed by atoms with van der Waals surface area (Å²) in [7, 11) is 0. The molecule has 3 aromatic carbocycles. The van der Waals surface area contributed by atoms with Crippen molar-refractivity contribution in [3.8, 4) is 11.1 Å². The lowest BCUT2D eigenvalue weighted by atomic mass is 10.0. The molecule has 0 saturated carbocycles. The second kappa shape index (κ2) is 8.25. The van der Waals surface area contributed by atoms with Gasteiger partial charge in [0.2, 0.25) is 0 Å². The van der Waals surface area contributed by atoms with Crippen LogP contribution in [0.5, 0.6) is 0 Å². The van der Waals surface area contributed by atoms with Gasteiger partial charge in [-0.1, -0.05) is 83.3 Å². The first kappa shape index (κ1) is 18.3. The Kier molecular flexibility index (Phi) is 6.03. The monoisotopic (exact) mass is 389 g/mol. The predicted octanol–water partition coefficient (Wildman–Crippen LogP) is 7.16. The largest absolute Gasteiger partial charge is 0.306 e. The Labute approximate surface area is 163 Å². The Morgan fingerprint density at radius 1 is 0.800 bits per heavy atom. The molecule has 3 rings (SSSR count). The normalized spacial score (nSPS) is 12.2. The highest BCUT2D eigenvalue weighted by Gasteiger charge is 2.14. The molecule has 0 spiro atoms. The molecule has 0 heterocycles. The molecule has 4 heteroatoms. The number of rotatable bonds is 5. The Balaban J connectivity index is 1.74. The van der Waals surface area contributed by atoms with Crippen LogP contribution in [0, 0.1) is 0 Å². The molecule has 0 fully saturated rings. The predicted molar refractivity (Wildman–Crippen MR) is 109 cm³/mol. The third-order valence-corrected chi connectivity index (χ3v) is 4.97. The van der Waals surface area contributed by atoms with Gasteiger partial charge >= 0.3 is 0 Å². The molecule has 0 aromatic heterocycles. The van der Waals surface area contributed by atoms with E-state index in [4.69, 9.17) is 34.8 Å². The standard InChI is InChI=1S/C21H18Cl3N/c1-14(21-19(23)11-18(22)12-20(21)24)25-13-15-6-5-9-17(10-15)16-7-3-2-4-8-16/h2-12,14,25H,13H2,1H3. The van der Waals surface area contributed by atoms with E-state index in [1.807, 2.05) is 25.1 Å². The third kappa shape index (κ3) is 4.56. The second-order valence-corrected chi connectivity index (χ2v) is 7.20. The molecule has 128 valence electrons. The van der Waals surface area contributed by atoms with E-state index < -0.39 is 0 Å². The van der Waals surface area contributed by atoms with Gasteiger partial charge in [-0.15, -0.1) is 0 Å². The van der Waals surface area contributed by atoms with E-state index in [1.165, 1.54) is 16.7 Å². The fraction of sp³-hybridized carbons (Fsp3) is 0.143. The van der Waals surface area contributed by atoms with Crippen LogP contribution in [-0.2, 0) is 6.54 Å². The second-order valence-electron chi connectivity index (χ2n) is 5.95. The van der Waals surface area contributed by atoms with Crippen LogP contribution in [0.3, 0.4) is 0 Å². The summed E-state index contributed by atoms with van der Waals surface area (Å²) in [5.41, 5.74) is 4.48. The van der Waals surface area contributed by atoms with E-state index in [9.17, 15) is 0 Å². The first-order chi connectivity index (χ1) is 12.0. The fourth-order valence-electron chi connectivity index (χ4n) is 2.83. The minimum atomic E-state index is 0.0117. The summed E-state index contributed by atoms with van der Waals surface area (Å²) in [6.45, 7) is 2.76. The zero-order valence-electron chi connectivity index (χ0n) is 13.8. The van der Waals surface area contributed by atoms with Crippen molar-refractivity contribution in [3.05, 3.63) is 92.9 Å². The summed E-state index contributed by atoms with van der Waals surface area (Å²) in [4.78, 5) is 0. The number of hydrogen-bond donors (Lipinski definition) is 1. The summed E-state index contributed by atoms with van der Waals surface area (Å²) in [5, 5.41) is 5.18. The van der Waals surface area contributed by atoms with Gasteiger partial charge in [-0.3, -0.25) is 0 Å². The van der Waals surface area contributed by atoms with Gasteiger partial charge in [0, 0.05) is 33.2 Å². The SMILES string of the molecule is CC(NCc1cccc(-c2ccccc2)c1)c1c(Cl)cc(Cl)cc1Cl. The average molecular weight is 391 g/mol. The van der Waals surface area contributed by atoms with Crippen LogP contribution in [0.1, 0.15) is 24.1 Å². The van der Waals surface area contributed by atoms with E-state index >= 15 is 0 Å². The number of nitrogens with one attached hydrogen (secondary N) is 1. The highest BCUT2D eigenvalue weighted by Crippen LogP contribution is 2.33. The molecule has 25 heavy (non-hydrogen) atoms. The molecule has 0 aliphatic heterocycles.